The highest BCUT2D eigenvalue weighted by molar-refractivity contribution is 7.16. The third-order valence-electron chi connectivity index (χ3n) is 4.16. The van der Waals surface area contributed by atoms with Gasteiger partial charge in [-0.2, -0.15) is 0 Å². The molecule has 0 spiro atoms. The molecule has 0 bridgehead atoms. The van der Waals surface area contributed by atoms with Crippen molar-refractivity contribution in [3.63, 3.8) is 0 Å². The highest BCUT2D eigenvalue weighted by Crippen LogP contribution is 2.41. The number of nitrogens with zero attached hydrogens (tertiary/aromatic N) is 1. The van der Waals surface area contributed by atoms with Crippen LogP contribution in [0.2, 0.25) is 4.34 Å². The van der Waals surface area contributed by atoms with Crippen molar-refractivity contribution in [2.75, 3.05) is 6.54 Å². The molecule has 0 saturated carbocycles. The Balaban J connectivity index is 1.93. The molecule has 0 amide bonds. The van der Waals surface area contributed by atoms with E-state index < -0.39 is 0 Å². The number of fused-ring (bicyclic) bond motifs is 1. The Morgan fingerprint density at radius 1 is 1.43 bits per heavy atom. The quantitative estimate of drug-likeness (QED) is 0.842. The molecule has 2 heterocycles. The number of hydrogen-bond acceptors (Lipinski definition) is 3. The lowest BCUT2D eigenvalue weighted by Gasteiger charge is -2.31. The van der Waals surface area contributed by atoms with Crippen LogP contribution in [0.5, 0.6) is 0 Å². The summed E-state index contributed by atoms with van der Waals surface area (Å²) in [6.07, 6.45) is 6.66. The van der Waals surface area contributed by atoms with E-state index in [1.54, 1.807) is 11.3 Å². The zero-order chi connectivity index (χ0) is 14.7. The Kier molecular flexibility index (Phi) is 4.94. The summed E-state index contributed by atoms with van der Waals surface area (Å²) < 4.78 is 0.866. The third kappa shape index (κ3) is 3.31. The normalized spacial score (nSPS) is 19.2. The van der Waals surface area contributed by atoms with Gasteiger partial charge < -0.3 is 5.32 Å². The largest absolute Gasteiger partial charge is 0.309 e. The van der Waals surface area contributed by atoms with E-state index in [1.807, 2.05) is 12.3 Å². The van der Waals surface area contributed by atoms with Crippen molar-refractivity contribution in [2.24, 2.45) is 0 Å². The number of rotatable bonds is 5. The minimum absolute atomic E-state index is 0.330. The van der Waals surface area contributed by atoms with Crippen LogP contribution in [0.4, 0.5) is 0 Å². The first-order chi connectivity index (χ1) is 10.3. The summed E-state index contributed by atoms with van der Waals surface area (Å²) in [6, 6.07) is 8.78. The number of pyridine rings is 1. The molecule has 0 aliphatic heterocycles. The summed E-state index contributed by atoms with van der Waals surface area (Å²) in [4.78, 5) is 6.02. The monoisotopic (exact) mass is 320 g/mol. The summed E-state index contributed by atoms with van der Waals surface area (Å²) in [7, 11) is 0. The number of halogens is 1. The van der Waals surface area contributed by atoms with E-state index in [0.29, 0.717) is 12.0 Å². The van der Waals surface area contributed by atoms with Gasteiger partial charge in [0.05, 0.1) is 4.34 Å². The fraction of sp³-hybridized carbons (Fsp3) is 0.471. The van der Waals surface area contributed by atoms with Gasteiger partial charge in [-0.25, -0.2) is 0 Å². The molecule has 0 fully saturated rings. The van der Waals surface area contributed by atoms with Crippen LogP contribution < -0.4 is 5.32 Å². The summed E-state index contributed by atoms with van der Waals surface area (Å²) in [5, 5.41) is 3.72. The molecule has 2 aromatic heterocycles. The number of thiophene rings is 1. The van der Waals surface area contributed by atoms with Gasteiger partial charge in [-0.1, -0.05) is 24.6 Å². The number of nitrogens with one attached hydrogen (secondary N) is 1. The van der Waals surface area contributed by atoms with Gasteiger partial charge in [-0.3, -0.25) is 4.98 Å². The maximum absolute atomic E-state index is 6.15. The molecule has 1 aliphatic carbocycles. The van der Waals surface area contributed by atoms with Gasteiger partial charge in [0.2, 0.25) is 0 Å². The van der Waals surface area contributed by atoms with E-state index in [4.69, 9.17) is 16.6 Å². The van der Waals surface area contributed by atoms with Gasteiger partial charge in [0, 0.05) is 28.7 Å². The SMILES string of the molecule is CCCNC(c1ccc(Cl)s1)C1CCCc2cccnc21. The average molecular weight is 321 g/mol. The third-order valence-corrected chi connectivity index (χ3v) is 5.47. The van der Waals surface area contributed by atoms with Gasteiger partial charge in [-0.15, -0.1) is 11.3 Å². The predicted octanol–water partition coefficient (Wildman–Crippen LogP) is 4.96. The van der Waals surface area contributed by atoms with Crippen molar-refractivity contribution in [3.05, 3.63) is 50.9 Å². The van der Waals surface area contributed by atoms with Crippen molar-refractivity contribution in [3.8, 4) is 0 Å². The van der Waals surface area contributed by atoms with E-state index in [2.05, 4.69) is 30.4 Å². The molecular formula is C17H21ClN2S. The Labute approximate surface area is 135 Å². The van der Waals surface area contributed by atoms with Crippen LogP contribution in [0.3, 0.4) is 0 Å². The fourth-order valence-electron chi connectivity index (χ4n) is 3.21. The average Bonchev–Trinajstić information content (AvgIpc) is 2.94. The maximum atomic E-state index is 6.15. The van der Waals surface area contributed by atoms with Crippen LogP contribution in [-0.2, 0) is 6.42 Å². The second-order valence-electron chi connectivity index (χ2n) is 5.62. The fourth-order valence-corrected chi connectivity index (χ4v) is 4.41. The molecule has 1 aliphatic rings. The van der Waals surface area contributed by atoms with Crippen molar-refractivity contribution < 1.29 is 0 Å². The first-order valence-electron chi connectivity index (χ1n) is 7.72. The van der Waals surface area contributed by atoms with E-state index in [-0.39, 0.29) is 0 Å². The molecule has 3 rings (SSSR count). The summed E-state index contributed by atoms with van der Waals surface area (Å²) in [6.45, 7) is 3.23. The molecule has 0 saturated heterocycles. The lowest BCUT2D eigenvalue weighted by Crippen LogP contribution is -2.30. The minimum atomic E-state index is 0.330. The van der Waals surface area contributed by atoms with E-state index in [1.165, 1.54) is 29.0 Å². The van der Waals surface area contributed by atoms with Crippen LogP contribution in [0.25, 0.3) is 0 Å². The minimum Gasteiger partial charge on any atom is -0.309 e. The number of aromatic nitrogens is 1. The Hall–Kier alpha value is -0.900. The summed E-state index contributed by atoms with van der Waals surface area (Å²) >= 11 is 7.84. The molecule has 112 valence electrons. The Morgan fingerprint density at radius 3 is 3.10 bits per heavy atom. The standard InChI is InChI=1S/C17H21ClN2S/c1-2-10-19-17(14-8-9-15(18)21-14)13-7-3-5-12-6-4-11-20-16(12)13/h4,6,8-9,11,13,17,19H,2-3,5,7,10H2,1H3. The smallest absolute Gasteiger partial charge is 0.0931 e. The van der Waals surface area contributed by atoms with Gasteiger partial charge in [0.15, 0.2) is 0 Å². The Morgan fingerprint density at radius 2 is 2.33 bits per heavy atom. The maximum Gasteiger partial charge on any atom is 0.0931 e. The second-order valence-corrected chi connectivity index (χ2v) is 7.37. The molecule has 1 N–H and O–H groups in total. The zero-order valence-corrected chi connectivity index (χ0v) is 13.9. The van der Waals surface area contributed by atoms with E-state index in [0.717, 1.165) is 23.7 Å². The van der Waals surface area contributed by atoms with Crippen LogP contribution >= 0.6 is 22.9 Å². The molecule has 0 aromatic carbocycles. The molecule has 2 atom stereocenters. The molecular weight excluding hydrogens is 300 g/mol. The molecule has 21 heavy (non-hydrogen) atoms. The highest BCUT2D eigenvalue weighted by atomic mass is 35.5. The van der Waals surface area contributed by atoms with Gasteiger partial charge >= 0.3 is 0 Å². The molecule has 2 unspecified atom stereocenters. The Bertz CT molecular complexity index is 596. The highest BCUT2D eigenvalue weighted by Gasteiger charge is 2.30. The topological polar surface area (TPSA) is 24.9 Å². The van der Waals surface area contributed by atoms with Crippen molar-refractivity contribution in [1.29, 1.82) is 0 Å². The number of hydrogen-bond donors (Lipinski definition) is 1. The van der Waals surface area contributed by atoms with Crippen molar-refractivity contribution in [2.45, 2.75) is 44.6 Å². The first-order valence-corrected chi connectivity index (χ1v) is 8.91. The summed E-state index contributed by atoms with van der Waals surface area (Å²) in [5.41, 5.74) is 2.70. The first kappa shape index (κ1) is 15.0. The molecule has 2 nitrogen and oxygen atoms in total. The van der Waals surface area contributed by atoms with Crippen LogP contribution in [0.1, 0.15) is 54.3 Å². The van der Waals surface area contributed by atoms with Gasteiger partial charge in [-0.05, 0) is 56.0 Å². The van der Waals surface area contributed by atoms with E-state index >= 15 is 0 Å². The van der Waals surface area contributed by atoms with Crippen molar-refractivity contribution in [1.82, 2.24) is 10.3 Å². The lowest BCUT2D eigenvalue weighted by atomic mass is 9.81. The van der Waals surface area contributed by atoms with Gasteiger partial charge in [0.25, 0.3) is 0 Å². The van der Waals surface area contributed by atoms with Crippen LogP contribution in [0.15, 0.2) is 30.5 Å². The van der Waals surface area contributed by atoms with Gasteiger partial charge in [0.1, 0.15) is 0 Å². The predicted molar refractivity (Wildman–Crippen MR) is 90.3 cm³/mol. The number of aryl methyl sites for hydroxylation is 1. The second kappa shape index (κ2) is 6.91. The molecule has 2 aromatic rings. The summed E-state index contributed by atoms with van der Waals surface area (Å²) in [5.74, 6) is 0.455. The van der Waals surface area contributed by atoms with Crippen LogP contribution in [-0.4, -0.2) is 11.5 Å². The molecule has 0 radical (unpaired) electrons. The van der Waals surface area contributed by atoms with E-state index in [9.17, 15) is 0 Å². The zero-order valence-electron chi connectivity index (χ0n) is 12.3. The molecule has 4 heteroatoms. The lowest BCUT2D eigenvalue weighted by molar-refractivity contribution is 0.398. The van der Waals surface area contributed by atoms with Crippen molar-refractivity contribution >= 4 is 22.9 Å². The van der Waals surface area contributed by atoms with Crippen LogP contribution in [0, 0.1) is 0 Å².